The highest BCUT2D eigenvalue weighted by atomic mass is 32.1. The summed E-state index contributed by atoms with van der Waals surface area (Å²) in [5.41, 5.74) is 0.619. The first-order valence-corrected chi connectivity index (χ1v) is 6.82. The SMILES string of the molecule is COc1c(C2(N=C=O)CCC2)ccc2sccc12. The molecule has 0 radical (unpaired) electrons. The molecule has 1 aliphatic carbocycles. The Morgan fingerprint density at radius 2 is 2.22 bits per heavy atom. The van der Waals surface area contributed by atoms with E-state index < -0.39 is 5.54 Å². The van der Waals surface area contributed by atoms with Gasteiger partial charge in [-0.05, 0) is 36.8 Å². The molecular formula is C14H13NO2S. The summed E-state index contributed by atoms with van der Waals surface area (Å²) in [7, 11) is 1.67. The largest absolute Gasteiger partial charge is 0.496 e. The zero-order valence-corrected chi connectivity index (χ0v) is 10.9. The predicted molar refractivity (Wildman–Crippen MR) is 72.0 cm³/mol. The van der Waals surface area contributed by atoms with Crippen molar-refractivity contribution < 1.29 is 9.53 Å². The van der Waals surface area contributed by atoms with Gasteiger partial charge < -0.3 is 4.74 Å². The van der Waals surface area contributed by atoms with E-state index in [0.29, 0.717) is 0 Å². The lowest BCUT2D eigenvalue weighted by Gasteiger charge is -2.38. The number of rotatable bonds is 3. The van der Waals surface area contributed by atoms with Gasteiger partial charge in [0.25, 0.3) is 0 Å². The average molecular weight is 259 g/mol. The number of thiophene rings is 1. The highest BCUT2D eigenvalue weighted by Crippen LogP contribution is 2.50. The minimum atomic E-state index is -0.400. The fourth-order valence-corrected chi connectivity index (χ4v) is 3.43. The summed E-state index contributed by atoms with van der Waals surface area (Å²) in [5.74, 6) is 0.854. The first-order chi connectivity index (χ1) is 8.80. The van der Waals surface area contributed by atoms with E-state index in [-0.39, 0.29) is 0 Å². The normalized spacial score (nSPS) is 16.9. The second-order valence-corrected chi connectivity index (χ2v) is 5.51. The van der Waals surface area contributed by atoms with Gasteiger partial charge in [0.1, 0.15) is 11.3 Å². The molecule has 0 spiro atoms. The zero-order chi connectivity index (χ0) is 12.6. The summed E-state index contributed by atoms with van der Waals surface area (Å²) in [5, 5.41) is 3.15. The maximum Gasteiger partial charge on any atom is 0.235 e. The van der Waals surface area contributed by atoms with Gasteiger partial charge in [-0.25, -0.2) is 4.79 Å². The van der Waals surface area contributed by atoms with E-state index in [0.717, 1.165) is 36.0 Å². The fourth-order valence-electron chi connectivity index (χ4n) is 2.64. The molecular weight excluding hydrogens is 246 g/mol. The van der Waals surface area contributed by atoms with Crippen molar-refractivity contribution in [1.29, 1.82) is 0 Å². The summed E-state index contributed by atoms with van der Waals surface area (Å²) in [6, 6.07) is 6.18. The molecule has 1 heterocycles. The number of isocyanates is 1. The van der Waals surface area contributed by atoms with Crippen LogP contribution in [0.2, 0.25) is 0 Å². The maximum absolute atomic E-state index is 10.7. The molecule has 1 aliphatic rings. The van der Waals surface area contributed by atoms with Gasteiger partial charge in [0.05, 0.1) is 7.11 Å². The number of methoxy groups -OCH3 is 1. The van der Waals surface area contributed by atoms with Crippen molar-refractivity contribution in [3.8, 4) is 5.75 Å². The molecule has 0 N–H and O–H groups in total. The molecule has 0 bridgehead atoms. The topological polar surface area (TPSA) is 38.7 Å². The van der Waals surface area contributed by atoms with E-state index in [1.165, 1.54) is 4.70 Å². The molecule has 0 aliphatic heterocycles. The summed E-state index contributed by atoms with van der Waals surface area (Å²) in [4.78, 5) is 14.7. The third-order valence-electron chi connectivity index (χ3n) is 3.73. The van der Waals surface area contributed by atoms with Crippen molar-refractivity contribution in [3.63, 3.8) is 0 Å². The van der Waals surface area contributed by atoms with Crippen LogP contribution in [-0.2, 0) is 10.3 Å². The third-order valence-corrected chi connectivity index (χ3v) is 4.61. The summed E-state index contributed by atoms with van der Waals surface area (Å²) in [6.45, 7) is 0. The molecule has 1 aromatic heterocycles. The van der Waals surface area contributed by atoms with Crippen LogP contribution in [0, 0.1) is 0 Å². The smallest absolute Gasteiger partial charge is 0.235 e. The quantitative estimate of drug-likeness (QED) is 0.623. The van der Waals surface area contributed by atoms with Crippen molar-refractivity contribution >= 4 is 27.5 Å². The monoisotopic (exact) mass is 259 g/mol. The molecule has 4 heteroatoms. The van der Waals surface area contributed by atoms with E-state index in [1.807, 2.05) is 11.4 Å². The van der Waals surface area contributed by atoms with E-state index in [1.54, 1.807) is 24.5 Å². The Morgan fingerprint density at radius 1 is 1.39 bits per heavy atom. The van der Waals surface area contributed by atoms with Crippen LogP contribution in [0.4, 0.5) is 0 Å². The fraction of sp³-hybridized carbons (Fsp3) is 0.357. The first-order valence-electron chi connectivity index (χ1n) is 5.94. The molecule has 3 nitrogen and oxygen atoms in total. The number of hydrogen-bond acceptors (Lipinski definition) is 4. The van der Waals surface area contributed by atoms with Gasteiger partial charge in [-0.2, -0.15) is 4.99 Å². The van der Waals surface area contributed by atoms with Crippen LogP contribution >= 0.6 is 11.3 Å². The molecule has 0 unspecified atom stereocenters. The van der Waals surface area contributed by atoms with Crippen LogP contribution in [0.3, 0.4) is 0 Å². The molecule has 18 heavy (non-hydrogen) atoms. The number of ether oxygens (including phenoxy) is 1. The van der Waals surface area contributed by atoms with Gasteiger partial charge in [-0.3, -0.25) is 0 Å². The van der Waals surface area contributed by atoms with Crippen LogP contribution in [0.1, 0.15) is 24.8 Å². The predicted octanol–water partition coefficient (Wildman–Crippen LogP) is 3.62. The lowest BCUT2D eigenvalue weighted by atomic mass is 9.72. The average Bonchev–Trinajstić information content (AvgIpc) is 2.81. The lowest BCUT2D eigenvalue weighted by Crippen LogP contribution is -2.32. The highest BCUT2D eigenvalue weighted by molar-refractivity contribution is 7.17. The van der Waals surface area contributed by atoms with E-state index >= 15 is 0 Å². The molecule has 0 atom stereocenters. The van der Waals surface area contributed by atoms with Crippen LogP contribution in [0.15, 0.2) is 28.6 Å². The number of hydrogen-bond donors (Lipinski definition) is 0. The van der Waals surface area contributed by atoms with Crippen LogP contribution in [0.25, 0.3) is 10.1 Å². The number of fused-ring (bicyclic) bond motifs is 1. The number of nitrogens with zero attached hydrogens (tertiary/aromatic N) is 1. The Morgan fingerprint density at radius 3 is 2.83 bits per heavy atom. The van der Waals surface area contributed by atoms with Gasteiger partial charge in [0.15, 0.2) is 0 Å². The molecule has 1 saturated carbocycles. The minimum absolute atomic E-state index is 0.400. The Bertz CT molecular complexity index is 636. The summed E-state index contributed by atoms with van der Waals surface area (Å²) >= 11 is 1.69. The molecule has 3 rings (SSSR count). The lowest BCUT2D eigenvalue weighted by molar-refractivity contribution is 0.247. The van der Waals surface area contributed by atoms with Gasteiger partial charge >= 0.3 is 0 Å². The van der Waals surface area contributed by atoms with Gasteiger partial charge in [-0.15, -0.1) is 11.3 Å². The third kappa shape index (κ3) is 1.50. The Hall–Kier alpha value is -1.64. The van der Waals surface area contributed by atoms with Crippen molar-refractivity contribution in [2.45, 2.75) is 24.8 Å². The summed E-state index contributed by atoms with van der Waals surface area (Å²) in [6.07, 6.45) is 4.61. The molecule has 1 aromatic carbocycles. The van der Waals surface area contributed by atoms with Gasteiger partial charge in [-0.1, -0.05) is 6.07 Å². The van der Waals surface area contributed by atoms with Gasteiger partial charge in [0.2, 0.25) is 6.08 Å². The molecule has 1 fully saturated rings. The Labute approximate surface area is 109 Å². The number of carbonyl (C=O) groups excluding carboxylic acids is 1. The molecule has 0 amide bonds. The summed E-state index contributed by atoms with van der Waals surface area (Å²) < 4.78 is 6.76. The second kappa shape index (κ2) is 4.23. The maximum atomic E-state index is 10.7. The highest BCUT2D eigenvalue weighted by Gasteiger charge is 2.41. The number of aliphatic imine (C=N–C) groups is 1. The van der Waals surface area contributed by atoms with Crippen molar-refractivity contribution in [1.82, 2.24) is 0 Å². The Balaban J connectivity index is 2.24. The Kier molecular flexibility index (Phi) is 2.69. The van der Waals surface area contributed by atoms with E-state index in [4.69, 9.17) is 4.74 Å². The van der Waals surface area contributed by atoms with Crippen LogP contribution < -0.4 is 4.74 Å². The first kappa shape index (κ1) is 11.5. The molecule has 2 aromatic rings. The molecule has 92 valence electrons. The van der Waals surface area contributed by atoms with Crippen LogP contribution in [-0.4, -0.2) is 13.2 Å². The van der Waals surface area contributed by atoms with Crippen molar-refractivity contribution in [2.24, 2.45) is 4.99 Å². The number of benzene rings is 1. The van der Waals surface area contributed by atoms with Crippen molar-refractivity contribution in [3.05, 3.63) is 29.1 Å². The second-order valence-electron chi connectivity index (χ2n) is 4.57. The standard InChI is InChI=1S/C14H13NO2S/c1-17-13-10-5-8-18-12(10)4-3-11(13)14(15-9-16)6-2-7-14/h3-5,8H,2,6-7H2,1H3. The van der Waals surface area contributed by atoms with E-state index in [9.17, 15) is 4.79 Å². The minimum Gasteiger partial charge on any atom is -0.496 e. The van der Waals surface area contributed by atoms with Crippen molar-refractivity contribution in [2.75, 3.05) is 7.11 Å². The van der Waals surface area contributed by atoms with E-state index in [2.05, 4.69) is 17.1 Å². The van der Waals surface area contributed by atoms with Crippen LogP contribution in [0.5, 0.6) is 5.75 Å². The van der Waals surface area contributed by atoms with Gasteiger partial charge in [0, 0.05) is 15.6 Å². The molecule has 0 saturated heterocycles. The zero-order valence-electron chi connectivity index (χ0n) is 10.1.